The molecule has 1 atom stereocenters. The molecular formula is C19H27N5O2. The van der Waals surface area contributed by atoms with Gasteiger partial charge in [0.05, 0.1) is 12.3 Å². The van der Waals surface area contributed by atoms with Gasteiger partial charge in [0.25, 0.3) is 5.91 Å². The van der Waals surface area contributed by atoms with Gasteiger partial charge in [-0.05, 0) is 43.9 Å². The molecule has 7 nitrogen and oxygen atoms in total. The number of hydrogen-bond donors (Lipinski definition) is 1. The van der Waals surface area contributed by atoms with Crippen molar-refractivity contribution >= 4 is 11.6 Å². The topological polar surface area (TPSA) is 74.5 Å². The van der Waals surface area contributed by atoms with Crippen molar-refractivity contribution in [1.29, 1.82) is 0 Å². The van der Waals surface area contributed by atoms with Crippen LogP contribution in [0.2, 0.25) is 0 Å². The summed E-state index contributed by atoms with van der Waals surface area (Å²) in [5.74, 6) is 0.569. The molecule has 2 heterocycles. The Morgan fingerprint density at radius 3 is 2.69 bits per heavy atom. The molecule has 1 aliphatic heterocycles. The monoisotopic (exact) mass is 357 g/mol. The summed E-state index contributed by atoms with van der Waals surface area (Å²) in [6, 6.07) is 7.76. The summed E-state index contributed by atoms with van der Waals surface area (Å²) >= 11 is 0. The zero-order chi connectivity index (χ0) is 18.7. The molecular weight excluding hydrogens is 330 g/mol. The van der Waals surface area contributed by atoms with E-state index in [1.165, 1.54) is 0 Å². The second-order valence-electron chi connectivity index (χ2n) is 7.22. The van der Waals surface area contributed by atoms with Gasteiger partial charge in [0.1, 0.15) is 5.69 Å². The SMILES string of the molecule is CC(O)c1cn(CC2CCN(C(=O)c3cccc(N(C)C)c3)CC2)nn1. The van der Waals surface area contributed by atoms with E-state index in [0.717, 1.165) is 43.7 Å². The van der Waals surface area contributed by atoms with Crippen molar-refractivity contribution in [2.75, 3.05) is 32.1 Å². The highest BCUT2D eigenvalue weighted by atomic mass is 16.3. The largest absolute Gasteiger partial charge is 0.387 e. The molecule has 7 heteroatoms. The Balaban J connectivity index is 1.56. The molecule has 0 saturated carbocycles. The number of carbonyl (C=O) groups is 1. The summed E-state index contributed by atoms with van der Waals surface area (Å²) in [6.45, 7) is 3.98. The molecule has 0 radical (unpaired) electrons. The standard InChI is InChI=1S/C19H27N5O2/c1-14(25)18-13-24(21-20-18)12-15-7-9-23(10-8-15)19(26)16-5-4-6-17(11-16)22(2)3/h4-6,11,13-15,25H,7-10,12H2,1-3H3. The average molecular weight is 357 g/mol. The first kappa shape index (κ1) is 18.4. The summed E-state index contributed by atoms with van der Waals surface area (Å²) in [5.41, 5.74) is 2.37. The number of likely N-dealkylation sites (tertiary alicyclic amines) is 1. The highest BCUT2D eigenvalue weighted by Gasteiger charge is 2.24. The average Bonchev–Trinajstić information content (AvgIpc) is 3.11. The molecule has 0 spiro atoms. The Morgan fingerprint density at radius 2 is 2.08 bits per heavy atom. The highest BCUT2D eigenvalue weighted by molar-refractivity contribution is 5.95. The molecule has 1 fully saturated rings. The molecule has 1 N–H and O–H groups in total. The number of benzene rings is 1. The number of aliphatic hydroxyl groups excluding tert-OH is 1. The van der Waals surface area contributed by atoms with E-state index in [9.17, 15) is 9.90 Å². The minimum Gasteiger partial charge on any atom is -0.387 e. The molecule has 1 saturated heterocycles. The summed E-state index contributed by atoms with van der Waals surface area (Å²) in [6.07, 6.45) is 3.10. The molecule has 2 aromatic rings. The molecule has 0 bridgehead atoms. The van der Waals surface area contributed by atoms with Gasteiger partial charge in [-0.15, -0.1) is 5.10 Å². The number of nitrogens with zero attached hydrogens (tertiary/aromatic N) is 5. The quantitative estimate of drug-likeness (QED) is 0.885. The number of anilines is 1. The van der Waals surface area contributed by atoms with Crippen LogP contribution in [-0.4, -0.2) is 58.1 Å². The fourth-order valence-corrected chi connectivity index (χ4v) is 3.28. The van der Waals surface area contributed by atoms with Gasteiger partial charge in [-0.2, -0.15) is 0 Å². The second-order valence-corrected chi connectivity index (χ2v) is 7.22. The zero-order valence-corrected chi connectivity index (χ0v) is 15.7. The zero-order valence-electron chi connectivity index (χ0n) is 15.7. The molecule has 26 heavy (non-hydrogen) atoms. The van der Waals surface area contributed by atoms with Gasteiger partial charge in [0.2, 0.25) is 0 Å². The Labute approximate surface area is 154 Å². The van der Waals surface area contributed by atoms with Crippen LogP contribution in [0.15, 0.2) is 30.5 Å². The summed E-state index contributed by atoms with van der Waals surface area (Å²) in [5, 5.41) is 17.6. The first-order valence-electron chi connectivity index (χ1n) is 9.09. The lowest BCUT2D eigenvalue weighted by Gasteiger charge is -2.32. The third kappa shape index (κ3) is 4.22. The third-order valence-corrected chi connectivity index (χ3v) is 4.94. The second kappa shape index (κ2) is 7.86. The van der Waals surface area contributed by atoms with Gasteiger partial charge in [0.15, 0.2) is 0 Å². The molecule has 1 aliphatic rings. The van der Waals surface area contributed by atoms with Crippen LogP contribution in [0.1, 0.15) is 41.9 Å². The van der Waals surface area contributed by atoms with Crippen LogP contribution in [0.3, 0.4) is 0 Å². The number of rotatable bonds is 5. The van der Waals surface area contributed by atoms with Crippen molar-refractivity contribution < 1.29 is 9.90 Å². The summed E-state index contributed by atoms with van der Waals surface area (Å²) in [7, 11) is 3.95. The molecule has 1 amide bonds. The maximum Gasteiger partial charge on any atom is 0.253 e. The first-order chi connectivity index (χ1) is 12.4. The van der Waals surface area contributed by atoms with Crippen molar-refractivity contribution in [3.63, 3.8) is 0 Å². The van der Waals surface area contributed by atoms with E-state index in [-0.39, 0.29) is 5.91 Å². The van der Waals surface area contributed by atoms with Gasteiger partial charge in [-0.25, -0.2) is 0 Å². The third-order valence-electron chi connectivity index (χ3n) is 4.94. The first-order valence-corrected chi connectivity index (χ1v) is 9.09. The Hall–Kier alpha value is -2.41. The maximum absolute atomic E-state index is 12.8. The molecule has 1 aromatic carbocycles. The minimum atomic E-state index is -0.596. The van der Waals surface area contributed by atoms with Gasteiger partial charge in [-0.1, -0.05) is 11.3 Å². The predicted molar refractivity (Wildman–Crippen MR) is 100 cm³/mol. The van der Waals surface area contributed by atoms with E-state index in [1.54, 1.807) is 17.8 Å². The van der Waals surface area contributed by atoms with E-state index in [0.29, 0.717) is 11.6 Å². The fourth-order valence-electron chi connectivity index (χ4n) is 3.28. The highest BCUT2D eigenvalue weighted by Crippen LogP contribution is 2.22. The van der Waals surface area contributed by atoms with Crippen LogP contribution in [0.25, 0.3) is 0 Å². The lowest BCUT2D eigenvalue weighted by molar-refractivity contribution is 0.0681. The van der Waals surface area contributed by atoms with Crippen molar-refractivity contribution in [3.8, 4) is 0 Å². The van der Waals surface area contributed by atoms with Gasteiger partial charge in [-0.3, -0.25) is 9.48 Å². The number of amides is 1. The number of carbonyl (C=O) groups excluding carboxylic acids is 1. The smallest absolute Gasteiger partial charge is 0.253 e. The van der Waals surface area contributed by atoms with E-state index < -0.39 is 6.10 Å². The number of hydrogen-bond acceptors (Lipinski definition) is 5. The number of aliphatic hydroxyl groups is 1. The van der Waals surface area contributed by atoms with Crippen LogP contribution in [0.5, 0.6) is 0 Å². The van der Waals surface area contributed by atoms with Crippen LogP contribution >= 0.6 is 0 Å². The summed E-state index contributed by atoms with van der Waals surface area (Å²) < 4.78 is 1.80. The molecule has 1 aromatic heterocycles. The fraction of sp³-hybridized carbons (Fsp3) is 0.526. The van der Waals surface area contributed by atoms with Crippen molar-refractivity contribution in [3.05, 3.63) is 41.7 Å². The van der Waals surface area contributed by atoms with Crippen LogP contribution in [0.4, 0.5) is 5.69 Å². The molecule has 3 rings (SSSR count). The van der Waals surface area contributed by atoms with Crippen molar-refractivity contribution in [1.82, 2.24) is 19.9 Å². The number of piperidine rings is 1. The van der Waals surface area contributed by atoms with Crippen molar-refractivity contribution in [2.24, 2.45) is 5.92 Å². The van der Waals surface area contributed by atoms with Gasteiger partial charge < -0.3 is 14.9 Å². The normalized spacial score (nSPS) is 16.5. The van der Waals surface area contributed by atoms with E-state index in [2.05, 4.69) is 10.3 Å². The summed E-state index contributed by atoms with van der Waals surface area (Å²) in [4.78, 5) is 16.7. The maximum atomic E-state index is 12.8. The van der Waals surface area contributed by atoms with Crippen LogP contribution < -0.4 is 4.90 Å². The van der Waals surface area contributed by atoms with Gasteiger partial charge in [0, 0.05) is 45.0 Å². The Bertz CT molecular complexity index is 748. The molecule has 140 valence electrons. The molecule has 1 unspecified atom stereocenters. The van der Waals surface area contributed by atoms with E-state index >= 15 is 0 Å². The van der Waals surface area contributed by atoms with Gasteiger partial charge >= 0.3 is 0 Å². The minimum absolute atomic E-state index is 0.101. The van der Waals surface area contributed by atoms with E-state index in [4.69, 9.17) is 0 Å². The van der Waals surface area contributed by atoms with Crippen LogP contribution in [0, 0.1) is 5.92 Å². The number of aromatic nitrogens is 3. The molecule has 0 aliphatic carbocycles. The lowest BCUT2D eigenvalue weighted by Crippen LogP contribution is -2.39. The van der Waals surface area contributed by atoms with E-state index in [1.807, 2.05) is 48.2 Å². The Kier molecular flexibility index (Phi) is 5.56. The Morgan fingerprint density at radius 1 is 1.35 bits per heavy atom. The van der Waals surface area contributed by atoms with Crippen LogP contribution in [-0.2, 0) is 6.54 Å². The van der Waals surface area contributed by atoms with Crippen molar-refractivity contribution in [2.45, 2.75) is 32.4 Å². The lowest BCUT2D eigenvalue weighted by atomic mass is 9.96. The predicted octanol–water partition coefficient (Wildman–Crippen LogP) is 1.95.